The second-order valence-electron chi connectivity index (χ2n) is 7.51. The number of rotatable bonds is 0. The molecule has 0 atom stereocenters. The molecule has 0 unspecified atom stereocenters. The third kappa shape index (κ3) is 2.18. The molecule has 1 aliphatic rings. The first-order valence-corrected chi connectivity index (χ1v) is 7.15. The molecule has 2 heteroatoms. The number of hydrogen-bond acceptors (Lipinski definition) is 1. The Labute approximate surface area is 115 Å². The zero-order valence-electron chi connectivity index (χ0n) is 12.6. The first-order chi connectivity index (χ1) is 8.76. The molecular weight excluding hydrogens is 232 g/mol. The zero-order valence-corrected chi connectivity index (χ0v) is 12.6. The van der Waals surface area contributed by atoms with E-state index < -0.39 is 0 Å². The monoisotopic (exact) mass is 256 g/mol. The normalized spacial score (nSPS) is 18.6. The summed E-state index contributed by atoms with van der Waals surface area (Å²) in [4.78, 5) is 3.61. The van der Waals surface area contributed by atoms with Crippen molar-refractivity contribution in [1.82, 2.24) is 10.3 Å². The van der Waals surface area contributed by atoms with E-state index in [-0.39, 0.29) is 11.0 Å². The van der Waals surface area contributed by atoms with Crippen molar-refractivity contribution in [3.8, 4) is 0 Å². The molecule has 0 spiro atoms. The van der Waals surface area contributed by atoms with Gasteiger partial charge >= 0.3 is 0 Å². The molecule has 1 aliphatic heterocycles. The molecule has 0 fully saturated rings. The topological polar surface area (TPSA) is 27.8 Å². The van der Waals surface area contributed by atoms with Gasteiger partial charge in [-0.05, 0) is 42.5 Å². The Morgan fingerprint density at radius 3 is 2.58 bits per heavy atom. The minimum absolute atomic E-state index is 0.195. The van der Waals surface area contributed by atoms with Crippen LogP contribution in [0.25, 0.3) is 10.9 Å². The number of hydrogen-bond donors (Lipinski definition) is 2. The van der Waals surface area contributed by atoms with Gasteiger partial charge in [0.2, 0.25) is 0 Å². The second-order valence-corrected chi connectivity index (χ2v) is 7.51. The highest BCUT2D eigenvalue weighted by atomic mass is 15.0. The van der Waals surface area contributed by atoms with Crippen LogP contribution in [0.5, 0.6) is 0 Å². The number of aromatic nitrogens is 1. The summed E-state index contributed by atoms with van der Waals surface area (Å²) in [6.07, 6.45) is 1.07. The number of benzene rings is 1. The van der Waals surface area contributed by atoms with Crippen LogP contribution in [-0.4, -0.2) is 10.5 Å². The minimum Gasteiger partial charge on any atom is -0.358 e. The van der Waals surface area contributed by atoms with Crippen LogP contribution in [0.4, 0.5) is 0 Å². The van der Waals surface area contributed by atoms with E-state index in [1.807, 2.05) is 0 Å². The predicted octanol–water partition coefficient (Wildman–Crippen LogP) is 3.89. The quantitative estimate of drug-likeness (QED) is 0.735. The Balaban J connectivity index is 2.15. The van der Waals surface area contributed by atoms with Gasteiger partial charge in [0.05, 0.1) is 0 Å². The molecule has 2 nitrogen and oxygen atoms in total. The summed E-state index contributed by atoms with van der Waals surface area (Å²) in [6, 6.07) is 6.86. The molecule has 2 N–H and O–H groups in total. The summed E-state index contributed by atoms with van der Waals surface area (Å²) in [5.41, 5.74) is 5.95. The van der Waals surface area contributed by atoms with Crippen LogP contribution < -0.4 is 5.32 Å². The van der Waals surface area contributed by atoms with Crippen molar-refractivity contribution in [2.45, 2.75) is 58.5 Å². The Morgan fingerprint density at radius 2 is 1.89 bits per heavy atom. The van der Waals surface area contributed by atoms with Gasteiger partial charge in [-0.25, -0.2) is 0 Å². The molecule has 1 aromatic heterocycles. The van der Waals surface area contributed by atoms with Gasteiger partial charge in [-0.2, -0.15) is 0 Å². The summed E-state index contributed by atoms with van der Waals surface area (Å²) in [7, 11) is 0. The third-order valence-corrected chi connectivity index (χ3v) is 4.22. The minimum atomic E-state index is 0.195. The van der Waals surface area contributed by atoms with E-state index in [1.54, 1.807) is 0 Å². The Kier molecular flexibility index (Phi) is 2.59. The van der Waals surface area contributed by atoms with E-state index in [0.29, 0.717) is 0 Å². The first kappa shape index (κ1) is 12.7. The molecule has 0 amide bonds. The van der Waals surface area contributed by atoms with Gasteiger partial charge in [-0.3, -0.25) is 0 Å². The lowest BCUT2D eigenvalue weighted by Gasteiger charge is -2.31. The van der Waals surface area contributed by atoms with Crippen LogP contribution in [0.15, 0.2) is 18.2 Å². The van der Waals surface area contributed by atoms with Crippen LogP contribution in [-0.2, 0) is 18.4 Å². The average Bonchev–Trinajstić information content (AvgIpc) is 2.62. The smallest absolute Gasteiger partial charge is 0.0459 e. The maximum absolute atomic E-state index is 3.63. The maximum Gasteiger partial charge on any atom is 0.0459 e. The van der Waals surface area contributed by atoms with Gasteiger partial charge in [0.1, 0.15) is 0 Å². The number of nitrogens with one attached hydrogen (secondary N) is 2. The molecular formula is C17H24N2. The summed E-state index contributed by atoms with van der Waals surface area (Å²) >= 11 is 0. The lowest BCUT2D eigenvalue weighted by molar-refractivity contribution is 0.360. The fraction of sp³-hybridized carbons (Fsp3) is 0.529. The lowest BCUT2D eigenvalue weighted by atomic mass is 9.85. The fourth-order valence-electron chi connectivity index (χ4n) is 2.95. The van der Waals surface area contributed by atoms with Gasteiger partial charge in [0, 0.05) is 35.1 Å². The summed E-state index contributed by atoms with van der Waals surface area (Å²) in [6.45, 7) is 12.3. The predicted molar refractivity (Wildman–Crippen MR) is 81.6 cm³/mol. The van der Waals surface area contributed by atoms with Crippen LogP contribution in [0.2, 0.25) is 0 Å². The standard InChI is InChI=1S/C17H24N2/c1-16(2,3)11-6-7-14-12(8-11)13-10-18-17(4,5)9-15(13)19-14/h6-8,18-19H,9-10H2,1-5H3. The zero-order chi connectivity index (χ0) is 13.8. The summed E-state index contributed by atoms with van der Waals surface area (Å²) < 4.78 is 0. The SMILES string of the molecule is CC1(C)Cc2[nH]c3ccc(C(C)(C)C)cc3c2CN1. The molecule has 102 valence electrons. The number of H-pyrrole nitrogens is 1. The van der Waals surface area contributed by atoms with Gasteiger partial charge < -0.3 is 10.3 Å². The fourth-order valence-corrected chi connectivity index (χ4v) is 2.95. The number of aromatic amines is 1. The Hall–Kier alpha value is -1.28. The average molecular weight is 256 g/mol. The lowest BCUT2D eigenvalue weighted by Crippen LogP contribution is -2.44. The van der Waals surface area contributed by atoms with E-state index in [2.05, 4.69) is 63.1 Å². The van der Waals surface area contributed by atoms with Crippen LogP contribution in [0, 0.1) is 0 Å². The molecule has 1 aromatic carbocycles. The molecule has 0 saturated carbocycles. The van der Waals surface area contributed by atoms with Gasteiger partial charge in [0.15, 0.2) is 0 Å². The van der Waals surface area contributed by atoms with Crippen LogP contribution >= 0.6 is 0 Å². The molecule has 2 aromatic rings. The van der Waals surface area contributed by atoms with Crippen molar-refractivity contribution in [1.29, 1.82) is 0 Å². The molecule has 19 heavy (non-hydrogen) atoms. The van der Waals surface area contributed by atoms with Gasteiger partial charge in [-0.1, -0.05) is 26.8 Å². The molecule has 0 bridgehead atoms. The highest BCUT2D eigenvalue weighted by molar-refractivity contribution is 5.86. The van der Waals surface area contributed by atoms with Crippen molar-refractivity contribution in [2.75, 3.05) is 0 Å². The van der Waals surface area contributed by atoms with E-state index in [1.165, 1.54) is 27.7 Å². The third-order valence-electron chi connectivity index (χ3n) is 4.22. The number of fused-ring (bicyclic) bond motifs is 3. The van der Waals surface area contributed by atoms with Crippen molar-refractivity contribution in [3.05, 3.63) is 35.0 Å². The molecule has 3 rings (SSSR count). The first-order valence-electron chi connectivity index (χ1n) is 7.15. The van der Waals surface area contributed by atoms with Crippen molar-refractivity contribution in [3.63, 3.8) is 0 Å². The Morgan fingerprint density at radius 1 is 1.16 bits per heavy atom. The summed E-state index contributed by atoms with van der Waals surface area (Å²) in [5.74, 6) is 0. The van der Waals surface area contributed by atoms with Crippen LogP contribution in [0.1, 0.15) is 51.4 Å². The summed E-state index contributed by atoms with van der Waals surface area (Å²) in [5, 5.41) is 5.02. The largest absolute Gasteiger partial charge is 0.358 e. The maximum atomic E-state index is 3.63. The van der Waals surface area contributed by atoms with Crippen molar-refractivity contribution in [2.24, 2.45) is 0 Å². The van der Waals surface area contributed by atoms with Gasteiger partial charge in [0.25, 0.3) is 0 Å². The van der Waals surface area contributed by atoms with E-state index in [9.17, 15) is 0 Å². The highest BCUT2D eigenvalue weighted by Gasteiger charge is 2.27. The second kappa shape index (κ2) is 3.86. The Bertz CT molecular complexity index is 626. The van der Waals surface area contributed by atoms with Gasteiger partial charge in [-0.15, -0.1) is 0 Å². The molecule has 0 radical (unpaired) electrons. The molecule has 0 saturated heterocycles. The highest BCUT2D eigenvalue weighted by Crippen LogP contribution is 2.32. The van der Waals surface area contributed by atoms with Crippen LogP contribution in [0.3, 0.4) is 0 Å². The van der Waals surface area contributed by atoms with E-state index in [4.69, 9.17) is 0 Å². The van der Waals surface area contributed by atoms with Crippen molar-refractivity contribution < 1.29 is 0 Å². The molecule has 0 aliphatic carbocycles. The van der Waals surface area contributed by atoms with Crippen molar-refractivity contribution >= 4 is 10.9 Å². The van der Waals surface area contributed by atoms with E-state index in [0.717, 1.165) is 13.0 Å². The van der Waals surface area contributed by atoms with E-state index >= 15 is 0 Å². The molecule has 2 heterocycles.